The van der Waals surface area contributed by atoms with Crippen molar-refractivity contribution < 1.29 is 0 Å². The van der Waals surface area contributed by atoms with Crippen molar-refractivity contribution in [3.8, 4) is 6.07 Å². The summed E-state index contributed by atoms with van der Waals surface area (Å²) in [6.07, 6.45) is 0. The van der Waals surface area contributed by atoms with Crippen LogP contribution in [0.5, 0.6) is 0 Å². The van der Waals surface area contributed by atoms with E-state index in [0.717, 1.165) is 4.48 Å². The fraction of sp³-hybridized carbons (Fsp3) is 0.300. The van der Waals surface area contributed by atoms with Crippen LogP contribution in [-0.4, -0.2) is 21.1 Å². The van der Waals surface area contributed by atoms with E-state index in [4.69, 9.17) is 5.26 Å². The van der Waals surface area contributed by atoms with Gasteiger partial charge in [-0.1, -0.05) is 0 Å². The number of nitrogens with zero attached hydrogens (tertiary/aromatic N) is 2. The summed E-state index contributed by atoms with van der Waals surface area (Å²) >= 11 is 0. The van der Waals surface area contributed by atoms with Gasteiger partial charge in [0.2, 0.25) is 0 Å². The van der Waals surface area contributed by atoms with E-state index in [1.807, 2.05) is 24.3 Å². The van der Waals surface area contributed by atoms with Crippen molar-refractivity contribution in [2.45, 2.75) is 0 Å². The Bertz CT molecular complexity index is 298. The molecule has 2 heteroatoms. The lowest BCUT2D eigenvalue weighted by atomic mass is 10.2. The first-order valence-corrected chi connectivity index (χ1v) is 3.86. The number of nitriles is 1. The highest BCUT2D eigenvalue weighted by Gasteiger charge is 2.10. The molecule has 0 aliphatic carbocycles. The minimum atomic E-state index is 0.715. The first-order valence-electron chi connectivity index (χ1n) is 3.86. The summed E-state index contributed by atoms with van der Waals surface area (Å²) in [5.41, 5.74) is 1.92. The van der Waals surface area contributed by atoms with Crippen molar-refractivity contribution in [3.05, 3.63) is 29.8 Å². The van der Waals surface area contributed by atoms with Gasteiger partial charge in [0.1, 0.15) is 5.69 Å². The molecule has 1 aromatic rings. The van der Waals surface area contributed by atoms with E-state index in [1.54, 1.807) is 0 Å². The average molecular weight is 161 g/mol. The van der Waals surface area contributed by atoms with Gasteiger partial charge in [0.05, 0.1) is 32.8 Å². The van der Waals surface area contributed by atoms with Gasteiger partial charge in [0.25, 0.3) is 0 Å². The minimum Gasteiger partial charge on any atom is -0.298 e. The lowest BCUT2D eigenvalue weighted by molar-refractivity contribution is 0.486. The number of hydrogen-bond donors (Lipinski definition) is 0. The first-order chi connectivity index (χ1) is 5.54. The van der Waals surface area contributed by atoms with Crippen molar-refractivity contribution >= 4 is 5.69 Å². The minimum absolute atomic E-state index is 0.715. The number of rotatable bonds is 1. The molecule has 0 radical (unpaired) electrons. The van der Waals surface area contributed by atoms with Crippen molar-refractivity contribution in [2.24, 2.45) is 0 Å². The highest BCUT2D eigenvalue weighted by atomic mass is 15.3. The second-order valence-corrected chi connectivity index (χ2v) is 3.67. The van der Waals surface area contributed by atoms with Gasteiger partial charge in [0.15, 0.2) is 0 Å². The van der Waals surface area contributed by atoms with Gasteiger partial charge < -0.3 is 0 Å². The molecule has 1 rings (SSSR count). The third-order valence-corrected chi connectivity index (χ3v) is 1.77. The molecule has 12 heavy (non-hydrogen) atoms. The second kappa shape index (κ2) is 2.96. The molecule has 0 aromatic heterocycles. The largest absolute Gasteiger partial charge is 0.298 e. The Balaban J connectivity index is 3.02. The molecule has 0 saturated carbocycles. The van der Waals surface area contributed by atoms with Crippen molar-refractivity contribution in [1.82, 2.24) is 4.48 Å². The Morgan fingerprint density at radius 3 is 1.92 bits per heavy atom. The van der Waals surface area contributed by atoms with Gasteiger partial charge in [-0.3, -0.25) is 4.48 Å². The summed E-state index contributed by atoms with van der Waals surface area (Å²) in [5, 5.41) is 8.58. The molecular weight excluding hydrogens is 148 g/mol. The Kier molecular flexibility index (Phi) is 2.16. The maximum Gasteiger partial charge on any atom is 0.132 e. The van der Waals surface area contributed by atoms with Gasteiger partial charge in [-0.2, -0.15) is 5.26 Å². The molecule has 2 nitrogen and oxygen atoms in total. The zero-order valence-electron chi connectivity index (χ0n) is 7.70. The molecule has 0 N–H and O–H groups in total. The van der Waals surface area contributed by atoms with Crippen LogP contribution in [0.25, 0.3) is 0 Å². The molecule has 0 unspecified atom stereocenters. The Hall–Kier alpha value is -1.33. The summed E-state index contributed by atoms with van der Waals surface area (Å²) < 4.78 is 0.783. The molecule has 62 valence electrons. The van der Waals surface area contributed by atoms with Gasteiger partial charge in [-0.25, -0.2) is 0 Å². The van der Waals surface area contributed by atoms with E-state index in [0.29, 0.717) is 5.56 Å². The van der Waals surface area contributed by atoms with Gasteiger partial charge in [-0.05, 0) is 12.1 Å². The van der Waals surface area contributed by atoms with Crippen LogP contribution in [0.1, 0.15) is 5.56 Å². The third-order valence-electron chi connectivity index (χ3n) is 1.77. The van der Waals surface area contributed by atoms with Crippen LogP contribution < -0.4 is 4.48 Å². The monoisotopic (exact) mass is 161 g/mol. The van der Waals surface area contributed by atoms with Crippen LogP contribution in [0, 0.1) is 11.3 Å². The average Bonchev–Trinajstić information content (AvgIpc) is 2.03. The zero-order valence-corrected chi connectivity index (χ0v) is 7.70. The lowest BCUT2D eigenvalue weighted by Gasteiger charge is -2.23. The second-order valence-electron chi connectivity index (χ2n) is 3.67. The van der Waals surface area contributed by atoms with E-state index in [-0.39, 0.29) is 0 Å². The quantitative estimate of drug-likeness (QED) is 0.576. The molecule has 0 amide bonds. The Labute approximate surface area is 73.3 Å². The number of benzene rings is 1. The lowest BCUT2D eigenvalue weighted by Crippen LogP contribution is -2.34. The van der Waals surface area contributed by atoms with Gasteiger partial charge in [0, 0.05) is 12.1 Å². The normalized spacial score (nSPS) is 10.8. The summed E-state index contributed by atoms with van der Waals surface area (Å²) in [6.45, 7) is 0. The number of quaternary nitrogens is 1. The van der Waals surface area contributed by atoms with E-state index in [1.165, 1.54) is 5.69 Å². The molecule has 0 aliphatic heterocycles. The summed E-state index contributed by atoms with van der Waals surface area (Å²) in [6, 6.07) is 9.76. The molecule has 0 bridgehead atoms. The summed E-state index contributed by atoms with van der Waals surface area (Å²) in [5.74, 6) is 0. The molecule has 0 aliphatic rings. The van der Waals surface area contributed by atoms with Gasteiger partial charge in [-0.15, -0.1) is 0 Å². The molecule has 1 aromatic carbocycles. The molecule has 0 fully saturated rings. The SMILES string of the molecule is C[N+](C)(C)c1ccc(C#N)cc1. The van der Waals surface area contributed by atoms with Crippen LogP contribution in [0.4, 0.5) is 5.69 Å². The maximum atomic E-state index is 8.58. The maximum absolute atomic E-state index is 8.58. The van der Waals surface area contributed by atoms with Crippen LogP contribution in [0.15, 0.2) is 24.3 Å². The van der Waals surface area contributed by atoms with Crippen LogP contribution in [0.2, 0.25) is 0 Å². The van der Waals surface area contributed by atoms with Crippen LogP contribution in [0.3, 0.4) is 0 Å². The van der Waals surface area contributed by atoms with Crippen LogP contribution >= 0.6 is 0 Å². The molecule has 0 heterocycles. The Morgan fingerprint density at radius 2 is 1.58 bits per heavy atom. The topological polar surface area (TPSA) is 23.8 Å². The van der Waals surface area contributed by atoms with Crippen molar-refractivity contribution in [2.75, 3.05) is 21.1 Å². The van der Waals surface area contributed by atoms with Crippen LogP contribution in [-0.2, 0) is 0 Å². The molecular formula is C10H13N2+. The highest BCUT2D eigenvalue weighted by molar-refractivity contribution is 5.45. The van der Waals surface area contributed by atoms with Crippen molar-refractivity contribution in [1.29, 1.82) is 5.26 Å². The van der Waals surface area contributed by atoms with E-state index in [9.17, 15) is 0 Å². The predicted octanol–water partition coefficient (Wildman–Crippen LogP) is 1.75. The van der Waals surface area contributed by atoms with E-state index < -0.39 is 0 Å². The fourth-order valence-corrected chi connectivity index (χ4v) is 0.983. The first kappa shape index (κ1) is 8.76. The summed E-state index contributed by atoms with van der Waals surface area (Å²) in [4.78, 5) is 0. The fourth-order valence-electron chi connectivity index (χ4n) is 0.983. The molecule has 0 spiro atoms. The third kappa shape index (κ3) is 1.84. The summed E-state index contributed by atoms with van der Waals surface area (Å²) in [7, 11) is 6.30. The zero-order chi connectivity index (χ0) is 9.19. The smallest absolute Gasteiger partial charge is 0.132 e. The Morgan fingerprint density at radius 1 is 1.08 bits per heavy atom. The molecule has 0 saturated heterocycles. The van der Waals surface area contributed by atoms with Gasteiger partial charge >= 0.3 is 0 Å². The molecule has 0 atom stereocenters. The standard InChI is InChI=1S/C10H13N2/c1-12(2,3)10-6-4-9(8-11)5-7-10/h4-7H,1-3H3/q+1. The predicted molar refractivity (Wildman–Crippen MR) is 50.7 cm³/mol. The van der Waals surface area contributed by atoms with E-state index >= 15 is 0 Å². The number of hydrogen-bond acceptors (Lipinski definition) is 1. The van der Waals surface area contributed by atoms with E-state index in [2.05, 4.69) is 27.2 Å². The van der Waals surface area contributed by atoms with Crippen molar-refractivity contribution in [3.63, 3.8) is 0 Å². The highest BCUT2D eigenvalue weighted by Crippen LogP contribution is 2.16.